The van der Waals surface area contributed by atoms with Crippen LogP contribution in [0.15, 0.2) is 30.3 Å². The maximum atomic E-state index is 13.4. The Balaban J connectivity index is 1.84. The zero-order valence-corrected chi connectivity index (χ0v) is 19.9. The highest BCUT2D eigenvalue weighted by molar-refractivity contribution is 6.06. The number of nitrogens with zero attached hydrogens (tertiary/aromatic N) is 3. The Labute approximate surface area is 195 Å². The maximum absolute atomic E-state index is 13.4. The molecule has 1 aliphatic rings. The van der Waals surface area contributed by atoms with Crippen molar-refractivity contribution < 1.29 is 23.9 Å². The number of esters is 1. The van der Waals surface area contributed by atoms with Crippen molar-refractivity contribution in [2.24, 2.45) is 7.05 Å². The van der Waals surface area contributed by atoms with E-state index in [0.717, 1.165) is 13.1 Å². The van der Waals surface area contributed by atoms with Gasteiger partial charge in [0.15, 0.2) is 5.78 Å². The highest BCUT2D eigenvalue weighted by atomic mass is 16.5. The number of hydrogen-bond donors (Lipinski definition) is 0. The molecule has 1 saturated heterocycles. The third-order valence-electron chi connectivity index (χ3n) is 6.11. The lowest BCUT2D eigenvalue weighted by atomic mass is 10.0. The lowest BCUT2D eigenvalue weighted by Gasteiger charge is -2.30. The van der Waals surface area contributed by atoms with Gasteiger partial charge in [0, 0.05) is 50.0 Å². The second-order valence-electron chi connectivity index (χ2n) is 8.18. The molecule has 8 heteroatoms. The predicted molar refractivity (Wildman–Crippen MR) is 125 cm³/mol. The fraction of sp³-hybridized carbons (Fsp3) is 0.480. The smallest absolute Gasteiger partial charge is 0.355 e. The number of rotatable bonds is 9. The van der Waals surface area contributed by atoms with Gasteiger partial charge in [-0.15, -0.1) is 0 Å². The summed E-state index contributed by atoms with van der Waals surface area (Å²) in [5.41, 5.74) is 2.64. The fourth-order valence-electron chi connectivity index (χ4n) is 4.23. The van der Waals surface area contributed by atoms with Crippen molar-refractivity contribution in [3.63, 3.8) is 0 Å². The number of ether oxygens (including phenoxy) is 2. The number of aromatic nitrogens is 1. The molecule has 0 radical (unpaired) electrons. The Morgan fingerprint density at radius 2 is 1.76 bits per heavy atom. The van der Waals surface area contributed by atoms with Crippen molar-refractivity contribution in [2.45, 2.75) is 20.8 Å². The molecule has 0 bridgehead atoms. The third kappa shape index (κ3) is 5.69. The van der Waals surface area contributed by atoms with Crippen molar-refractivity contribution in [1.29, 1.82) is 0 Å². The van der Waals surface area contributed by atoms with E-state index >= 15 is 0 Å². The Kier molecular flexibility index (Phi) is 8.41. The molecule has 33 heavy (non-hydrogen) atoms. The minimum atomic E-state index is -0.454. The van der Waals surface area contributed by atoms with Crippen molar-refractivity contribution in [2.75, 3.05) is 52.5 Å². The van der Waals surface area contributed by atoms with Gasteiger partial charge in [-0.3, -0.25) is 14.5 Å². The number of carbonyl (C=O) groups excluding carboxylic acids is 3. The van der Waals surface area contributed by atoms with E-state index in [0.29, 0.717) is 54.4 Å². The average Bonchev–Trinajstić information content (AvgIpc) is 3.05. The summed E-state index contributed by atoms with van der Waals surface area (Å²) in [7, 11) is 1.75. The second kappa shape index (κ2) is 11.2. The minimum absolute atomic E-state index is 0.0635. The highest BCUT2D eigenvalue weighted by Crippen LogP contribution is 2.23. The molecule has 0 saturated carbocycles. The number of carbonyl (C=O) groups is 3. The molecule has 0 spiro atoms. The van der Waals surface area contributed by atoms with Crippen LogP contribution in [0.4, 0.5) is 0 Å². The summed E-state index contributed by atoms with van der Waals surface area (Å²) >= 11 is 0. The topological polar surface area (TPSA) is 81.1 Å². The summed E-state index contributed by atoms with van der Waals surface area (Å²) in [5.74, 6) is -0.833. The second-order valence-corrected chi connectivity index (χ2v) is 8.18. The van der Waals surface area contributed by atoms with Gasteiger partial charge in [0.25, 0.3) is 5.91 Å². The van der Waals surface area contributed by atoms with Crippen LogP contribution in [0.2, 0.25) is 0 Å². The normalized spacial score (nSPS) is 14.2. The molecule has 0 aliphatic carbocycles. The van der Waals surface area contributed by atoms with Crippen molar-refractivity contribution in [3.8, 4) is 0 Å². The van der Waals surface area contributed by atoms with Crippen molar-refractivity contribution >= 4 is 17.7 Å². The average molecular weight is 456 g/mol. The van der Waals surface area contributed by atoms with E-state index in [-0.39, 0.29) is 24.8 Å². The molecule has 1 aliphatic heterocycles. The van der Waals surface area contributed by atoms with Gasteiger partial charge < -0.3 is 18.9 Å². The number of morpholine rings is 1. The lowest BCUT2D eigenvalue weighted by molar-refractivity contribution is 0.0323. The van der Waals surface area contributed by atoms with E-state index in [9.17, 15) is 14.4 Å². The van der Waals surface area contributed by atoms with Crippen LogP contribution in [0, 0.1) is 13.8 Å². The van der Waals surface area contributed by atoms with Crippen LogP contribution in [0.1, 0.15) is 49.4 Å². The molecule has 2 aromatic rings. The Morgan fingerprint density at radius 3 is 2.39 bits per heavy atom. The standard InChI is InChI=1S/C25H33N3O5/c1-5-33-25(31)23-18(2)22(19(3)26(23)4)21(29)17-28(12-11-27-13-15-32-16-14-27)24(30)20-9-7-6-8-10-20/h6-10H,5,11-17H2,1-4H3. The van der Waals surface area contributed by atoms with Crippen molar-refractivity contribution in [1.82, 2.24) is 14.4 Å². The maximum Gasteiger partial charge on any atom is 0.355 e. The summed E-state index contributed by atoms with van der Waals surface area (Å²) in [6.07, 6.45) is 0. The first-order valence-corrected chi connectivity index (χ1v) is 11.4. The highest BCUT2D eigenvalue weighted by Gasteiger charge is 2.28. The van der Waals surface area contributed by atoms with E-state index in [1.807, 2.05) is 18.2 Å². The molecule has 8 nitrogen and oxygen atoms in total. The number of benzene rings is 1. The van der Waals surface area contributed by atoms with E-state index in [2.05, 4.69) is 4.90 Å². The Morgan fingerprint density at radius 1 is 1.09 bits per heavy atom. The van der Waals surface area contributed by atoms with Gasteiger partial charge in [0.1, 0.15) is 5.69 Å². The number of hydrogen-bond acceptors (Lipinski definition) is 6. The van der Waals surface area contributed by atoms with Gasteiger partial charge in [-0.25, -0.2) is 4.79 Å². The van der Waals surface area contributed by atoms with Gasteiger partial charge in [0.2, 0.25) is 0 Å². The molecule has 1 aromatic carbocycles. The summed E-state index contributed by atoms with van der Waals surface area (Å²) in [6, 6.07) is 8.99. The number of amides is 1. The van der Waals surface area contributed by atoms with Crippen LogP contribution in [-0.4, -0.2) is 84.6 Å². The molecular formula is C25H33N3O5. The monoisotopic (exact) mass is 455 g/mol. The van der Waals surface area contributed by atoms with Gasteiger partial charge in [0.05, 0.1) is 26.4 Å². The zero-order valence-electron chi connectivity index (χ0n) is 19.9. The van der Waals surface area contributed by atoms with E-state index in [1.54, 1.807) is 49.4 Å². The van der Waals surface area contributed by atoms with Crippen LogP contribution >= 0.6 is 0 Å². The first-order chi connectivity index (χ1) is 15.8. The third-order valence-corrected chi connectivity index (χ3v) is 6.11. The Hall–Kier alpha value is -2.97. The number of ketones is 1. The van der Waals surface area contributed by atoms with Crippen LogP contribution in [-0.2, 0) is 16.5 Å². The molecule has 1 aromatic heterocycles. The van der Waals surface area contributed by atoms with Crippen LogP contribution < -0.4 is 0 Å². The van der Waals surface area contributed by atoms with Gasteiger partial charge in [-0.05, 0) is 38.5 Å². The van der Waals surface area contributed by atoms with E-state index in [1.165, 1.54) is 0 Å². The predicted octanol–water partition coefficient (Wildman–Crippen LogP) is 2.48. The molecule has 3 rings (SSSR count). The molecule has 2 heterocycles. The van der Waals surface area contributed by atoms with Gasteiger partial charge >= 0.3 is 5.97 Å². The summed E-state index contributed by atoms with van der Waals surface area (Å²) < 4.78 is 12.3. The SMILES string of the molecule is CCOC(=O)c1c(C)c(C(=O)CN(CCN2CCOCC2)C(=O)c2ccccc2)c(C)n1C. The molecular weight excluding hydrogens is 422 g/mol. The van der Waals surface area contributed by atoms with Crippen LogP contribution in [0.5, 0.6) is 0 Å². The van der Waals surface area contributed by atoms with Crippen LogP contribution in [0.3, 0.4) is 0 Å². The molecule has 1 amide bonds. The molecule has 0 unspecified atom stereocenters. The first kappa shape index (κ1) is 24.7. The van der Waals surface area contributed by atoms with Gasteiger partial charge in [-0.2, -0.15) is 0 Å². The van der Waals surface area contributed by atoms with E-state index in [4.69, 9.17) is 9.47 Å². The largest absolute Gasteiger partial charge is 0.461 e. The molecule has 1 fully saturated rings. The Bertz CT molecular complexity index is 993. The summed E-state index contributed by atoms with van der Waals surface area (Å²) in [4.78, 5) is 43.0. The lowest BCUT2D eigenvalue weighted by Crippen LogP contribution is -2.44. The van der Waals surface area contributed by atoms with E-state index < -0.39 is 5.97 Å². The first-order valence-electron chi connectivity index (χ1n) is 11.4. The summed E-state index contributed by atoms with van der Waals surface area (Å²) in [5, 5.41) is 0. The van der Waals surface area contributed by atoms with Gasteiger partial charge in [-0.1, -0.05) is 18.2 Å². The summed E-state index contributed by atoms with van der Waals surface area (Å²) in [6.45, 7) is 9.54. The molecule has 178 valence electrons. The zero-order chi connectivity index (χ0) is 24.0. The quantitative estimate of drug-likeness (QED) is 0.427. The number of Topliss-reactive ketones (excluding diaryl/α,β-unsaturated/α-hetero) is 1. The van der Waals surface area contributed by atoms with Crippen molar-refractivity contribution in [3.05, 3.63) is 58.4 Å². The van der Waals surface area contributed by atoms with Crippen LogP contribution in [0.25, 0.3) is 0 Å². The fourth-order valence-corrected chi connectivity index (χ4v) is 4.23. The molecule has 0 atom stereocenters. The molecule has 0 N–H and O–H groups in total. The minimum Gasteiger partial charge on any atom is -0.461 e.